The zero-order chi connectivity index (χ0) is 6.85. The van der Waals surface area contributed by atoms with Crippen molar-refractivity contribution in [2.45, 2.75) is 19.8 Å². The highest BCUT2D eigenvalue weighted by atomic mass is 15.1. The van der Waals surface area contributed by atoms with Crippen LogP contribution >= 0.6 is 0 Å². The van der Waals surface area contributed by atoms with E-state index in [0.717, 1.165) is 5.56 Å². The van der Waals surface area contributed by atoms with Gasteiger partial charge in [0.15, 0.2) is 0 Å². The molecule has 0 atom stereocenters. The molecule has 0 bridgehead atoms. The van der Waals surface area contributed by atoms with Crippen molar-refractivity contribution in [3.63, 3.8) is 0 Å². The van der Waals surface area contributed by atoms with E-state index >= 15 is 0 Å². The van der Waals surface area contributed by atoms with Crippen LogP contribution in [0.3, 0.4) is 0 Å². The van der Waals surface area contributed by atoms with Crippen molar-refractivity contribution in [1.82, 2.24) is 10.2 Å². The Morgan fingerprint density at radius 3 is 2.56 bits per heavy atom. The number of hydrogen-bond acceptors (Lipinski definition) is 1. The van der Waals surface area contributed by atoms with Gasteiger partial charge >= 0.3 is 0 Å². The van der Waals surface area contributed by atoms with Gasteiger partial charge in [-0.2, -0.15) is 5.10 Å². The summed E-state index contributed by atoms with van der Waals surface area (Å²) < 4.78 is 0. The van der Waals surface area contributed by atoms with Gasteiger partial charge in [0.05, 0.1) is 6.20 Å². The molecule has 1 N–H and O–H groups in total. The average molecular weight is 120 g/mol. The van der Waals surface area contributed by atoms with Crippen LogP contribution in [0.2, 0.25) is 0 Å². The smallest absolute Gasteiger partial charge is 0.141 e. The topological polar surface area (TPSA) is 28.7 Å². The summed E-state index contributed by atoms with van der Waals surface area (Å²) in [4.78, 5) is 0. The standard InChI is InChI=1S/C6H9BN2/c1-4(2)5-3-8-9-6(5)7/h3-4H,1-2H3,(H,8,9). The van der Waals surface area contributed by atoms with Crippen LogP contribution < -0.4 is 5.59 Å². The first-order chi connectivity index (χ1) is 4.22. The number of H-pyrrole nitrogens is 1. The van der Waals surface area contributed by atoms with E-state index in [1.807, 2.05) is 0 Å². The lowest BCUT2D eigenvalue weighted by molar-refractivity contribution is 0.874. The number of nitrogens with one attached hydrogen (secondary N) is 1. The monoisotopic (exact) mass is 120 g/mol. The molecule has 0 aromatic carbocycles. The highest BCUT2D eigenvalue weighted by Crippen LogP contribution is 2.07. The molecule has 46 valence electrons. The Morgan fingerprint density at radius 2 is 2.33 bits per heavy atom. The summed E-state index contributed by atoms with van der Waals surface area (Å²) >= 11 is 0. The maximum absolute atomic E-state index is 5.52. The van der Waals surface area contributed by atoms with Crippen LogP contribution in [0, 0.1) is 0 Å². The summed E-state index contributed by atoms with van der Waals surface area (Å²) in [6.07, 6.45) is 1.76. The summed E-state index contributed by atoms with van der Waals surface area (Å²) in [5, 5.41) is 6.47. The number of aromatic amines is 1. The normalized spacial score (nSPS) is 10.6. The van der Waals surface area contributed by atoms with Crippen molar-refractivity contribution in [3.8, 4) is 0 Å². The zero-order valence-corrected chi connectivity index (χ0v) is 5.68. The van der Waals surface area contributed by atoms with Gasteiger partial charge in [-0.25, -0.2) is 0 Å². The lowest BCUT2D eigenvalue weighted by Gasteiger charge is -1.99. The lowest BCUT2D eigenvalue weighted by Crippen LogP contribution is -2.10. The third-order valence-electron chi connectivity index (χ3n) is 1.32. The van der Waals surface area contributed by atoms with Gasteiger partial charge in [0.2, 0.25) is 0 Å². The molecule has 1 aromatic heterocycles. The molecule has 0 spiro atoms. The van der Waals surface area contributed by atoms with E-state index < -0.39 is 0 Å². The quantitative estimate of drug-likeness (QED) is 0.531. The molecule has 2 nitrogen and oxygen atoms in total. The molecule has 3 heteroatoms. The fraction of sp³-hybridized carbons (Fsp3) is 0.500. The van der Waals surface area contributed by atoms with Gasteiger partial charge in [0.1, 0.15) is 7.85 Å². The lowest BCUT2D eigenvalue weighted by atomic mass is 9.93. The predicted molar refractivity (Wildman–Crippen MR) is 38.1 cm³/mol. The van der Waals surface area contributed by atoms with Crippen molar-refractivity contribution in [1.29, 1.82) is 0 Å². The molecule has 9 heavy (non-hydrogen) atoms. The van der Waals surface area contributed by atoms with Crippen molar-refractivity contribution in [2.75, 3.05) is 0 Å². The molecule has 0 fully saturated rings. The maximum atomic E-state index is 5.52. The van der Waals surface area contributed by atoms with Crippen LogP contribution in [-0.2, 0) is 0 Å². The van der Waals surface area contributed by atoms with Gasteiger partial charge in [0, 0.05) is 0 Å². The SMILES string of the molecule is [B]c1[nH]ncc1C(C)C. The Bertz CT molecular complexity index is 193. The largest absolute Gasteiger partial charge is 0.293 e. The molecule has 0 saturated heterocycles. The molecular weight excluding hydrogens is 111 g/mol. The number of rotatable bonds is 1. The van der Waals surface area contributed by atoms with Crippen LogP contribution in [0.5, 0.6) is 0 Å². The molecule has 0 aliphatic rings. The van der Waals surface area contributed by atoms with Crippen LogP contribution in [0.1, 0.15) is 25.3 Å². The molecule has 0 unspecified atom stereocenters. The number of nitrogens with zero attached hydrogens (tertiary/aromatic N) is 1. The van der Waals surface area contributed by atoms with Crippen molar-refractivity contribution in [3.05, 3.63) is 11.8 Å². The predicted octanol–water partition coefficient (Wildman–Crippen LogP) is 0.327. The Hall–Kier alpha value is -0.725. The van der Waals surface area contributed by atoms with Gasteiger partial charge in [-0.15, -0.1) is 0 Å². The molecule has 1 rings (SSSR count). The highest BCUT2D eigenvalue weighted by molar-refractivity contribution is 6.31. The molecule has 0 amide bonds. The minimum absolute atomic E-state index is 0.462. The van der Waals surface area contributed by atoms with Gasteiger partial charge in [-0.05, 0) is 17.1 Å². The Labute approximate surface area is 56.1 Å². The molecule has 1 heterocycles. The molecule has 0 saturated carbocycles. The van der Waals surface area contributed by atoms with E-state index in [0.29, 0.717) is 11.5 Å². The van der Waals surface area contributed by atoms with E-state index in [-0.39, 0.29) is 0 Å². The first-order valence-corrected chi connectivity index (χ1v) is 3.00. The van der Waals surface area contributed by atoms with Crippen LogP contribution in [0.25, 0.3) is 0 Å². The fourth-order valence-corrected chi connectivity index (χ4v) is 0.766. The third-order valence-corrected chi connectivity index (χ3v) is 1.32. The number of aromatic nitrogens is 2. The second-order valence-electron chi connectivity index (χ2n) is 2.39. The Balaban J connectivity index is 2.94. The second kappa shape index (κ2) is 2.25. The summed E-state index contributed by atoms with van der Waals surface area (Å²) in [6.45, 7) is 4.17. The van der Waals surface area contributed by atoms with E-state index in [1.54, 1.807) is 6.20 Å². The molecule has 2 radical (unpaired) electrons. The van der Waals surface area contributed by atoms with E-state index in [9.17, 15) is 0 Å². The van der Waals surface area contributed by atoms with Crippen LogP contribution in [0.4, 0.5) is 0 Å². The van der Waals surface area contributed by atoms with E-state index in [4.69, 9.17) is 7.85 Å². The van der Waals surface area contributed by atoms with E-state index in [1.165, 1.54) is 0 Å². The molecule has 0 aliphatic carbocycles. The van der Waals surface area contributed by atoms with Crippen molar-refractivity contribution in [2.24, 2.45) is 0 Å². The highest BCUT2D eigenvalue weighted by Gasteiger charge is 2.02. The van der Waals surface area contributed by atoms with Gasteiger partial charge in [-0.3, -0.25) is 5.10 Å². The van der Waals surface area contributed by atoms with Gasteiger partial charge in [0.25, 0.3) is 0 Å². The first-order valence-electron chi connectivity index (χ1n) is 3.00. The fourth-order valence-electron chi connectivity index (χ4n) is 0.766. The average Bonchev–Trinajstić information content (AvgIpc) is 2.13. The second-order valence-corrected chi connectivity index (χ2v) is 2.39. The minimum Gasteiger partial charge on any atom is -0.293 e. The molecule has 0 aliphatic heterocycles. The minimum atomic E-state index is 0.462. The Kier molecular flexibility index (Phi) is 1.60. The molecule has 1 aromatic rings. The van der Waals surface area contributed by atoms with E-state index in [2.05, 4.69) is 24.0 Å². The number of hydrogen-bond donors (Lipinski definition) is 1. The first kappa shape index (κ1) is 6.40. The maximum Gasteiger partial charge on any atom is 0.141 e. The summed E-state index contributed by atoms with van der Waals surface area (Å²) in [7, 11) is 5.52. The van der Waals surface area contributed by atoms with Gasteiger partial charge in [-0.1, -0.05) is 13.8 Å². The van der Waals surface area contributed by atoms with Crippen molar-refractivity contribution >= 4 is 13.4 Å². The Morgan fingerprint density at radius 1 is 1.67 bits per heavy atom. The van der Waals surface area contributed by atoms with Crippen molar-refractivity contribution < 1.29 is 0 Å². The summed E-state index contributed by atoms with van der Waals surface area (Å²) in [6, 6.07) is 0. The summed E-state index contributed by atoms with van der Waals surface area (Å²) in [5.41, 5.74) is 1.78. The third kappa shape index (κ3) is 1.15. The summed E-state index contributed by atoms with van der Waals surface area (Å²) in [5.74, 6) is 0.462. The van der Waals surface area contributed by atoms with Crippen LogP contribution in [0.15, 0.2) is 6.20 Å². The molecular formula is C6H9BN2. The zero-order valence-electron chi connectivity index (χ0n) is 5.68. The van der Waals surface area contributed by atoms with Crippen LogP contribution in [-0.4, -0.2) is 18.0 Å². The van der Waals surface area contributed by atoms with Gasteiger partial charge < -0.3 is 0 Å².